The molecule has 0 saturated carbocycles. The smallest absolute Gasteiger partial charge is 0.478 e. The molecule has 2 aromatic rings. The molecule has 2 N–H and O–H groups in total. The molecule has 0 saturated heterocycles. The van der Waals surface area contributed by atoms with Crippen LogP contribution < -0.4 is 0 Å². The first kappa shape index (κ1) is 31.6. The van der Waals surface area contributed by atoms with Crippen LogP contribution in [-0.2, 0) is 21.7 Å². The van der Waals surface area contributed by atoms with Crippen molar-refractivity contribution in [3.63, 3.8) is 0 Å². The maximum absolute atomic E-state index is 12.2. The van der Waals surface area contributed by atoms with Gasteiger partial charge in [0.1, 0.15) is 11.6 Å². The molecule has 1 aliphatic rings. The van der Waals surface area contributed by atoms with E-state index >= 15 is 0 Å². The van der Waals surface area contributed by atoms with Gasteiger partial charge in [-0.2, -0.15) is 11.1 Å². The predicted molar refractivity (Wildman–Crippen MR) is 118 cm³/mol. The quantitative estimate of drug-likeness (QED) is 0.376. The van der Waals surface area contributed by atoms with Crippen LogP contribution in [0.15, 0.2) is 65.3 Å². The molecule has 170 valence electrons. The minimum absolute atomic E-state index is 0. The first-order valence-corrected chi connectivity index (χ1v) is 9.13. The second-order valence-electron chi connectivity index (χ2n) is 7.25. The third kappa shape index (κ3) is 9.71. The van der Waals surface area contributed by atoms with Crippen LogP contribution in [0.2, 0.25) is 0 Å². The number of carboxylic acids is 2. The number of benzene rings is 2. The second-order valence-corrected chi connectivity index (χ2v) is 7.25. The number of hydrogen-bond donors (Lipinski definition) is 2. The van der Waals surface area contributed by atoms with Crippen molar-refractivity contribution in [2.45, 2.75) is 34.6 Å². The molecule has 0 heterocycles. The molecule has 0 unspecified atom stereocenters. The summed E-state index contributed by atoms with van der Waals surface area (Å²) in [7, 11) is 0. The number of halogens is 2. The molecular formula is C25H28F2O4Ti. The minimum atomic E-state index is -1.04. The Bertz CT molecular complexity index is 905. The molecule has 0 aromatic heterocycles. The third-order valence-electron chi connectivity index (χ3n) is 4.74. The summed E-state index contributed by atoms with van der Waals surface area (Å²) < 4.78 is 24.3. The zero-order valence-electron chi connectivity index (χ0n) is 19.1. The summed E-state index contributed by atoms with van der Waals surface area (Å²) in [5, 5.41) is 16.7. The monoisotopic (exact) mass is 478 g/mol. The van der Waals surface area contributed by atoms with Crippen LogP contribution in [0.1, 0.15) is 55.3 Å². The molecule has 0 aliphatic heterocycles. The Morgan fingerprint density at radius 3 is 1.25 bits per heavy atom. The van der Waals surface area contributed by atoms with Gasteiger partial charge in [0, 0.05) is 0 Å². The molecule has 4 nitrogen and oxygen atoms in total. The van der Waals surface area contributed by atoms with Crippen molar-refractivity contribution in [1.29, 1.82) is 0 Å². The van der Waals surface area contributed by atoms with Crippen LogP contribution in [0, 0.1) is 30.6 Å². The fraction of sp³-hybridized carbons (Fsp3) is 0.240. The number of aromatic carboxylic acids is 2. The number of rotatable bonds is 2. The van der Waals surface area contributed by atoms with E-state index in [1.807, 2.05) is 0 Å². The zero-order valence-corrected chi connectivity index (χ0v) is 20.6. The maximum atomic E-state index is 12.2. The van der Waals surface area contributed by atoms with Crippen LogP contribution in [-0.4, -0.2) is 22.2 Å². The Balaban J connectivity index is 0. The van der Waals surface area contributed by atoms with Crippen molar-refractivity contribution in [2.75, 3.05) is 0 Å². The molecule has 0 bridgehead atoms. The van der Waals surface area contributed by atoms with Gasteiger partial charge in [-0.25, -0.2) is 23.9 Å². The average molecular weight is 478 g/mol. The molecule has 3 rings (SSSR count). The minimum Gasteiger partial charge on any atom is -0.478 e. The van der Waals surface area contributed by atoms with E-state index in [4.69, 9.17) is 10.2 Å². The molecule has 2 aromatic carbocycles. The molecule has 7 heteroatoms. The van der Waals surface area contributed by atoms with E-state index in [2.05, 4.69) is 40.7 Å². The Hall–Kier alpha value is -2.57. The first-order valence-electron chi connectivity index (χ1n) is 9.13. The number of carboxylic acid groups (broad SMARTS) is 2. The van der Waals surface area contributed by atoms with Crippen molar-refractivity contribution in [3.05, 3.63) is 102 Å². The molecule has 0 atom stereocenters. The fourth-order valence-electron chi connectivity index (χ4n) is 2.59. The van der Waals surface area contributed by atoms with Gasteiger partial charge in [-0.15, -0.1) is 6.92 Å². The summed E-state index contributed by atoms with van der Waals surface area (Å²) in [6, 6.07) is 9.34. The van der Waals surface area contributed by atoms with Gasteiger partial charge in [-0.05, 0) is 48.5 Å². The van der Waals surface area contributed by atoms with Gasteiger partial charge in [-0.1, -0.05) is 33.1 Å². The van der Waals surface area contributed by atoms with E-state index in [0.717, 1.165) is 24.3 Å². The van der Waals surface area contributed by atoms with E-state index in [-0.39, 0.29) is 45.7 Å². The Labute approximate surface area is 203 Å². The second kappa shape index (κ2) is 13.8. The van der Waals surface area contributed by atoms with Gasteiger partial charge < -0.3 is 17.6 Å². The van der Waals surface area contributed by atoms with Crippen molar-refractivity contribution in [1.82, 2.24) is 0 Å². The van der Waals surface area contributed by atoms with Crippen molar-refractivity contribution >= 4 is 11.9 Å². The first-order chi connectivity index (χ1) is 13.8. The van der Waals surface area contributed by atoms with Gasteiger partial charge >= 0.3 is 33.7 Å². The van der Waals surface area contributed by atoms with Gasteiger partial charge in [0.2, 0.25) is 0 Å². The van der Waals surface area contributed by atoms with E-state index in [0.29, 0.717) is 0 Å². The van der Waals surface area contributed by atoms with Crippen molar-refractivity contribution in [3.8, 4) is 0 Å². The number of hydrogen-bond acceptors (Lipinski definition) is 2. The summed E-state index contributed by atoms with van der Waals surface area (Å²) in [5.74, 6) is -2.94. The molecule has 32 heavy (non-hydrogen) atoms. The fourth-order valence-corrected chi connectivity index (χ4v) is 2.59. The molecule has 0 spiro atoms. The topological polar surface area (TPSA) is 74.6 Å². The zero-order chi connectivity index (χ0) is 23.1. The SMILES string of the molecule is CC1=[C-]C(C)(C)C(C)=C1C.O=C(O)c1ccc(F)cc1.O=C(O)c1ccc(F)cc1.[CH3-].[Ti+2]. The van der Waals surface area contributed by atoms with Crippen molar-refractivity contribution < 1.29 is 50.3 Å². The van der Waals surface area contributed by atoms with Gasteiger partial charge in [-0.3, -0.25) is 6.08 Å². The van der Waals surface area contributed by atoms with Crippen LogP contribution in [0.3, 0.4) is 0 Å². The van der Waals surface area contributed by atoms with Crippen LogP contribution >= 0.6 is 0 Å². The van der Waals surface area contributed by atoms with E-state index in [1.165, 1.54) is 41.0 Å². The van der Waals surface area contributed by atoms with Gasteiger partial charge in [0.25, 0.3) is 0 Å². The van der Waals surface area contributed by atoms with Gasteiger partial charge in [0.05, 0.1) is 11.1 Å². The Kier molecular flexibility index (Phi) is 13.6. The van der Waals surface area contributed by atoms with Crippen molar-refractivity contribution in [2.24, 2.45) is 5.41 Å². The molecule has 0 amide bonds. The standard InChI is InChI=1S/C10H15.2C7H5FO2.CH3.Ti/c1-7-6-10(4,5)9(3)8(7)2;2*8-6-3-1-5(2-4-6)7(9)10;;/h1-5H3;2*1-4H,(H,9,10);1H3;/q-1;;;-1;+2. The van der Waals surface area contributed by atoms with E-state index in [9.17, 15) is 18.4 Å². The summed E-state index contributed by atoms with van der Waals surface area (Å²) in [6.07, 6.45) is 3.44. The molecule has 0 radical (unpaired) electrons. The Morgan fingerprint density at radius 1 is 0.781 bits per heavy atom. The van der Waals surface area contributed by atoms with Crippen LogP contribution in [0.4, 0.5) is 8.78 Å². The van der Waals surface area contributed by atoms with E-state index in [1.54, 1.807) is 0 Å². The largest absolute Gasteiger partial charge is 2.00 e. The summed E-state index contributed by atoms with van der Waals surface area (Å²) >= 11 is 0. The molecule has 0 fully saturated rings. The van der Waals surface area contributed by atoms with E-state index < -0.39 is 23.6 Å². The summed E-state index contributed by atoms with van der Waals surface area (Å²) in [5.41, 5.74) is 4.59. The molecule has 1 aliphatic carbocycles. The predicted octanol–water partition coefficient (Wildman–Crippen LogP) is 6.61. The Morgan fingerprint density at radius 2 is 1.09 bits per heavy atom. The summed E-state index contributed by atoms with van der Waals surface area (Å²) in [6.45, 7) is 10.9. The average Bonchev–Trinajstić information content (AvgIpc) is 2.85. The normalized spacial score (nSPS) is 13.2. The number of carbonyl (C=O) groups is 2. The summed E-state index contributed by atoms with van der Waals surface area (Å²) in [4.78, 5) is 20.4. The van der Waals surface area contributed by atoms with Crippen LogP contribution in [0.25, 0.3) is 0 Å². The maximum Gasteiger partial charge on any atom is 2.00 e. The van der Waals surface area contributed by atoms with Gasteiger partial charge in [0.15, 0.2) is 0 Å². The van der Waals surface area contributed by atoms with Crippen LogP contribution in [0.5, 0.6) is 0 Å². The molecular weight excluding hydrogens is 450 g/mol. The number of allylic oxidation sites excluding steroid dienone is 4. The third-order valence-corrected chi connectivity index (χ3v) is 4.74.